The molecule has 3 rings (SSSR count). The van der Waals surface area contributed by atoms with Crippen LogP contribution in [0.3, 0.4) is 0 Å². The second-order valence-electron chi connectivity index (χ2n) is 4.93. The summed E-state index contributed by atoms with van der Waals surface area (Å²) in [6.45, 7) is 1.82. The lowest BCUT2D eigenvalue weighted by Crippen LogP contribution is -2.12. The average Bonchev–Trinajstić information content (AvgIpc) is 2.26. The predicted molar refractivity (Wildman–Crippen MR) is 71.6 cm³/mol. The first kappa shape index (κ1) is 11.2. The molecule has 1 saturated carbocycles. The average molecular weight is 240 g/mol. The Morgan fingerprint density at radius 1 is 1.28 bits per heavy atom. The fraction of sp³-hybridized carbons (Fsp3) is 0.333. The Morgan fingerprint density at radius 3 is 2.72 bits per heavy atom. The molecule has 1 aromatic carbocycles. The number of rotatable bonds is 2. The van der Waals surface area contributed by atoms with E-state index in [-0.39, 0.29) is 5.56 Å². The summed E-state index contributed by atoms with van der Waals surface area (Å²) in [7, 11) is 0. The van der Waals surface area contributed by atoms with Crippen molar-refractivity contribution in [1.29, 1.82) is 0 Å². The highest BCUT2D eigenvalue weighted by atomic mass is 16.1. The van der Waals surface area contributed by atoms with Gasteiger partial charge in [0.25, 0.3) is 5.56 Å². The van der Waals surface area contributed by atoms with Crippen molar-refractivity contribution in [3.05, 3.63) is 52.1 Å². The standard InChI is InChI=1S/C15H16N2O/c1-10-16-14(9-15(18)17-10)13-8-3-2-7-12(13)11-5-4-6-11/h2-3,7-9,11H,4-6H2,1H3,(H,16,17,18). The molecule has 3 nitrogen and oxygen atoms in total. The van der Waals surface area contributed by atoms with Crippen molar-refractivity contribution in [1.82, 2.24) is 9.97 Å². The molecule has 0 radical (unpaired) electrons. The van der Waals surface area contributed by atoms with E-state index in [0.717, 1.165) is 11.3 Å². The lowest BCUT2D eigenvalue weighted by molar-refractivity contribution is 0.420. The van der Waals surface area contributed by atoms with Crippen molar-refractivity contribution in [2.75, 3.05) is 0 Å². The van der Waals surface area contributed by atoms with Gasteiger partial charge in [0.15, 0.2) is 0 Å². The van der Waals surface area contributed by atoms with Gasteiger partial charge in [-0.25, -0.2) is 4.98 Å². The minimum atomic E-state index is -0.0825. The number of H-pyrrole nitrogens is 1. The molecule has 1 aromatic heterocycles. The maximum atomic E-state index is 11.6. The van der Waals surface area contributed by atoms with E-state index in [0.29, 0.717) is 11.7 Å². The highest BCUT2D eigenvalue weighted by molar-refractivity contribution is 5.64. The molecule has 0 saturated heterocycles. The highest BCUT2D eigenvalue weighted by Gasteiger charge is 2.22. The molecule has 92 valence electrons. The summed E-state index contributed by atoms with van der Waals surface area (Å²) in [6.07, 6.45) is 3.80. The van der Waals surface area contributed by atoms with Crippen molar-refractivity contribution < 1.29 is 0 Å². The van der Waals surface area contributed by atoms with Crippen LogP contribution in [0.25, 0.3) is 11.3 Å². The van der Waals surface area contributed by atoms with Gasteiger partial charge < -0.3 is 4.98 Å². The monoisotopic (exact) mass is 240 g/mol. The van der Waals surface area contributed by atoms with Crippen LogP contribution in [0, 0.1) is 6.92 Å². The molecule has 0 aliphatic heterocycles. The second kappa shape index (κ2) is 4.41. The van der Waals surface area contributed by atoms with Gasteiger partial charge in [0.05, 0.1) is 5.69 Å². The molecule has 1 heterocycles. The summed E-state index contributed by atoms with van der Waals surface area (Å²) >= 11 is 0. The van der Waals surface area contributed by atoms with Crippen LogP contribution in [0.2, 0.25) is 0 Å². The van der Waals surface area contributed by atoms with E-state index in [1.165, 1.54) is 24.8 Å². The van der Waals surface area contributed by atoms with Crippen molar-refractivity contribution in [3.8, 4) is 11.3 Å². The number of aromatic amines is 1. The van der Waals surface area contributed by atoms with Crippen molar-refractivity contribution in [2.45, 2.75) is 32.1 Å². The summed E-state index contributed by atoms with van der Waals surface area (Å²) in [5, 5.41) is 0. The number of hydrogen-bond donors (Lipinski definition) is 1. The topological polar surface area (TPSA) is 45.8 Å². The molecular weight excluding hydrogens is 224 g/mol. The lowest BCUT2D eigenvalue weighted by atomic mass is 9.78. The minimum absolute atomic E-state index is 0.0825. The van der Waals surface area contributed by atoms with Crippen LogP contribution in [0.4, 0.5) is 0 Å². The molecule has 1 N–H and O–H groups in total. The number of benzene rings is 1. The normalized spacial score (nSPS) is 15.4. The van der Waals surface area contributed by atoms with Gasteiger partial charge >= 0.3 is 0 Å². The van der Waals surface area contributed by atoms with E-state index in [9.17, 15) is 4.79 Å². The molecule has 0 bridgehead atoms. The molecule has 2 aromatic rings. The Balaban J connectivity index is 2.13. The summed E-state index contributed by atoms with van der Waals surface area (Å²) in [5.41, 5.74) is 3.15. The fourth-order valence-electron chi connectivity index (χ4n) is 2.52. The predicted octanol–water partition coefficient (Wildman–Crippen LogP) is 3.01. The molecular formula is C15H16N2O. The van der Waals surface area contributed by atoms with E-state index in [1.807, 2.05) is 13.0 Å². The van der Waals surface area contributed by atoms with Crippen LogP contribution in [0.5, 0.6) is 0 Å². The zero-order chi connectivity index (χ0) is 12.5. The van der Waals surface area contributed by atoms with Crippen LogP contribution in [0.1, 0.15) is 36.6 Å². The third kappa shape index (κ3) is 1.96. The van der Waals surface area contributed by atoms with E-state index >= 15 is 0 Å². The van der Waals surface area contributed by atoms with E-state index < -0.39 is 0 Å². The second-order valence-corrected chi connectivity index (χ2v) is 4.93. The van der Waals surface area contributed by atoms with Crippen molar-refractivity contribution in [2.24, 2.45) is 0 Å². The van der Waals surface area contributed by atoms with Gasteiger partial charge in [-0.1, -0.05) is 30.7 Å². The number of hydrogen-bond acceptors (Lipinski definition) is 2. The van der Waals surface area contributed by atoms with E-state index in [2.05, 4.69) is 28.2 Å². The largest absolute Gasteiger partial charge is 0.311 e. The number of aromatic nitrogens is 2. The van der Waals surface area contributed by atoms with Gasteiger partial charge in [0.2, 0.25) is 0 Å². The zero-order valence-electron chi connectivity index (χ0n) is 10.4. The quantitative estimate of drug-likeness (QED) is 0.877. The van der Waals surface area contributed by atoms with Crippen LogP contribution in [-0.4, -0.2) is 9.97 Å². The van der Waals surface area contributed by atoms with E-state index in [1.54, 1.807) is 6.07 Å². The number of nitrogens with zero attached hydrogens (tertiary/aromatic N) is 1. The third-order valence-electron chi connectivity index (χ3n) is 3.64. The Bertz CT molecular complexity index is 626. The highest BCUT2D eigenvalue weighted by Crippen LogP contribution is 2.40. The van der Waals surface area contributed by atoms with Crippen LogP contribution >= 0.6 is 0 Å². The number of aryl methyl sites for hydroxylation is 1. The minimum Gasteiger partial charge on any atom is -0.311 e. The maximum Gasteiger partial charge on any atom is 0.251 e. The Labute approximate surface area is 106 Å². The first-order valence-corrected chi connectivity index (χ1v) is 6.41. The van der Waals surface area contributed by atoms with Crippen LogP contribution in [0.15, 0.2) is 35.1 Å². The van der Waals surface area contributed by atoms with Gasteiger partial charge in [-0.2, -0.15) is 0 Å². The first-order chi connectivity index (χ1) is 8.74. The fourth-order valence-corrected chi connectivity index (χ4v) is 2.52. The smallest absolute Gasteiger partial charge is 0.251 e. The Kier molecular flexibility index (Phi) is 2.74. The summed E-state index contributed by atoms with van der Waals surface area (Å²) in [5.74, 6) is 1.31. The molecule has 0 atom stereocenters. The first-order valence-electron chi connectivity index (χ1n) is 6.41. The number of nitrogens with one attached hydrogen (secondary N) is 1. The molecule has 1 aliphatic carbocycles. The summed E-state index contributed by atoms with van der Waals surface area (Å²) < 4.78 is 0. The molecule has 1 fully saturated rings. The van der Waals surface area contributed by atoms with Gasteiger partial charge in [-0.15, -0.1) is 0 Å². The Hall–Kier alpha value is -1.90. The van der Waals surface area contributed by atoms with E-state index in [4.69, 9.17) is 0 Å². The van der Waals surface area contributed by atoms with Gasteiger partial charge in [-0.05, 0) is 31.2 Å². The summed E-state index contributed by atoms with van der Waals surface area (Å²) in [6, 6.07) is 9.89. The molecule has 1 aliphatic rings. The van der Waals surface area contributed by atoms with Gasteiger partial charge in [0.1, 0.15) is 5.82 Å². The molecule has 0 amide bonds. The Morgan fingerprint density at radius 2 is 2.06 bits per heavy atom. The molecule has 0 unspecified atom stereocenters. The van der Waals surface area contributed by atoms with Crippen LogP contribution < -0.4 is 5.56 Å². The van der Waals surface area contributed by atoms with Crippen molar-refractivity contribution >= 4 is 0 Å². The molecule has 18 heavy (non-hydrogen) atoms. The third-order valence-corrected chi connectivity index (χ3v) is 3.64. The maximum absolute atomic E-state index is 11.6. The van der Waals surface area contributed by atoms with Crippen molar-refractivity contribution in [3.63, 3.8) is 0 Å². The van der Waals surface area contributed by atoms with Crippen LogP contribution in [-0.2, 0) is 0 Å². The lowest BCUT2D eigenvalue weighted by Gasteiger charge is -2.27. The molecule has 0 spiro atoms. The zero-order valence-corrected chi connectivity index (χ0v) is 10.4. The SMILES string of the molecule is Cc1nc(-c2ccccc2C2CCC2)cc(=O)[nH]1. The van der Waals surface area contributed by atoms with Gasteiger partial charge in [-0.3, -0.25) is 4.79 Å². The van der Waals surface area contributed by atoms with Gasteiger partial charge in [0, 0.05) is 11.6 Å². The summed E-state index contributed by atoms with van der Waals surface area (Å²) in [4.78, 5) is 18.7. The molecule has 3 heteroatoms.